The van der Waals surface area contributed by atoms with E-state index < -0.39 is 0 Å². The van der Waals surface area contributed by atoms with Crippen LogP contribution in [0.2, 0.25) is 5.02 Å². The predicted molar refractivity (Wildman–Crippen MR) is 92.9 cm³/mol. The van der Waals surface area contributed by atoms with Crippen LogP contribution >= 0.6 is 27.5 Å². The fraction of sp³-hybridized carbons (Fsp3) is 0. The number of furan rings is 1. The number of benzene rings is 3. The zero-order chi connectivity index (χ0) is 18.6. The van der Waals surface area contributed by atoms with Crippen LogP contribution in [0, 0.1) is 0 Å². The summed E-state index contributed by atoms with van der Waals surface area (Å²) < 4.78 is 44.3. The molecule has 0 N–H and O–H groups in total. The topological polar surface area (TPSA) is 22.4 Å². The van der Waals surface area contributed by atoms with Gasteiger partial charge >= 0.3 is 0 Å². The maximum atomic E-state index is 8.16. The first-order valence-electron chi connectivity index (χ1n) is 8.42. The first-order valence-corrected chi connectivity index (χ1v) is 7.59. The Bertz CT molecular complexity index is 1170. The van der Waals surface area contributed by atoms with Gasteiger partial charge in [0.1, 0.15) is 11.3 Å². The molecule has 0 spiro atoms. The minimum absolute atomic E-state index is 0.106. The molecule has 0 saturated heterocycles. The van der Waals surface area contributed by atoms with Crippen LogP contribution in [0.25, 0.3) is 21.9 Å². The first kappa shape index (κ1) is 9.93. The third kappa shape index (κ3) is 2.36. The molecule has 4 aromatic rings. The summed E-state index contributed by atoms with van der Waals surface area (Å²) in [5.74, 6) is 0.890. The maximum Gasteiger partial charge on any atom is 0.177 e. The van der Waals surface area contributed by atoms with Gasteiger partial charge in [0.2, 0.25) is 0 Å². The van der Waals surface area contributed by atoms with E-state index >= 15 is 0 Å². The van der Waals surface area contributed by atoms with Crippen molar-refractivity contribution >= 4 is 49.5 Å². The van der Waals surface area contributed by atoms with Crippen LogP contribution in [-0.4, -0.2) is 0 Å². The lowest BCUT2D eigenvalue weighted by molar-refractivity contribution is 0.476. The zero-order valence-electron chi connectivity index (χ0n) is 15.0. The van der Waals surface area contributed by atoms with Gasteiger partial charge in [0, 0.05) is 20.3 Å². The van der Waals surface area contributed by atoms with Crippen LogP contribution in [0.15, 0.2) is 69.5 Å². The number of ether oxygens (including phenoxy) is 1. The molecule has 0 radical (unpaired) electrons. The Hall–Kier alpha value is -1.97. The molecule has 0 bridgehead atoms. The SMILES string of the molecule is [2H]c1c([2H])c([2H])c2c(oc3c(Oc4cc(Cl)cc(Br)c4)cccc32)c1[2H]. The normalized spacial score (nSPS) is 13.7. The minimum Gasteiger partial charge on any atom is -0.453 e. The highest BCUT2D eigenvalue weighted by Gasteiger charge is 2.12. The van der Waals surface area contributed by atoms with Crippen molar-refractivity contribution < 1.29 is 14.6 Å². The number of para-hydroxylation sites is 2. The molecule has 0 unspecified atom stereocenters. The first-order chi connectivity index (χ1) is 12.4. The van der Waals surface area contributed by atoms with E-state index in [0.29, 0.717) is 32.9 Å². The average Bonchev–Trinajstić information content (AvgIpc) is 2.98. The Labute approximate surface area is 146 Å². The molecule has 3 aromatic carbocycles. The second-order valence-corrected chi connectivity index (χ2v) is 6.00. The molecule has 0 atom stereocenters. The molecule has 4 heteroatoms. The third-order valence-electron chi connectivity index (χ3n) is 3.17. The van der Waals surface area contributed by atoms with E-state index in [4.69, 9.17) is 26.2 Å². The average molecular weight is 378 g/mol. The standard InChI is InChI=1S/C18H10BrClO2/c19-11-8-12(20)10-13(9-11)21-17-7-3-5-15-14-4-1-2-6-16(14)22-18(15)17/h1-10H/i1D,2D,4D,6D. The van der Waals surface area contributed by atoms with Gasteiger partial charge in [-0.2, -0.15) is 0 Å². The molecule has 0 amide bonds. The number of rotatable bonds is 2. The zero-order valence-corrected chi connectivity index (χ0v) is 13.4. The maximum absolute atomic E-state index is 8.16. The molecular weight excluding hydrogens is 364 g/mol. The van der Waals surface area contributed by atoms with E-state index in [9.17, 15) is 0 Å². The Kier molecular flexibility index (Phi) is 2.41. The highest BCUT2D eigenvalue weighted by molar-refractivity contribution is 9.10. The third-order valence-corrected chi connectivity index (χ3v) is 3.85. The summed E-state index contributed by atoms with van der Waals surface area (Å²) in [6.07, 6.45) is 0. The van der Waals surface area contributed by atoms with Crippen LogP contribution < -0.4 is 4.74 Å². The van der Waals surface area contributed by atoms with Gasteiger partial charge in [-0.25, -0.2) is 0 Å². The van der Waals surface area contributed by atoms with Crippen LogP contribution in [-0.2, 0) is 0 Å². The van der Waals surface area contributed by atoms with Crippen molar-refractivity contribution in [1.29, 1.82) is 0 Å². The van der Waals surface area contributed by atoms with Gasteiger partial charge in [0.05, 0.1) is 5.48 Å². The molecule has 0 aliphatic rings. The van der Waals surface area contributed by atoms with Crippen molar-refractivity contribution in [3.63, 3.8) is 0 Å². The summed E-state index contributed by atoms with van der Waals surface area (Å²) in [7, 11) is 0. The van der Waals surface area contributed by atoms with Crippen molar-refractivity contribution in [2.45, 2.75) is 0 Å². The Morgan fingerprint density at radius 1 is 1.09 bits per heavy atom. The summed E-state index contributed by atoms with van der Waals surface area (Å²) in [5, 5.41) is 1.40. The van der Waals surface area contributed by atoms with Gasteiger partial charge in [-0.3, -0.25) is 0 Å². The summed E-state index contributed by atoms with van der Waals surface area (Å²) in [5.41, 5.74) is 0.458. The van der Waals surface area contributed by atoms with Crippen molar-refractivity contribution in [1.82, 2.24) is 0 Å². The molecule has 1 heterocycles. The van der Waals surface area contributed by atoms with Gasteiger partial charge in [0.25, 0.3) is 0 Å². The van der Waals surface area contributed by atoms with E-state index in [1.807, 2.05) is 0 Å². The van der Waals surface area contributed by atoms with Crippen LogP contribution in [0.4, 0.5) is 0 Å². The van der Waals surface area contributed by atoms with E-state index in [2.05, 4.69) is 15.9 Å². The summed E-state index contributed by atoms with van der Waals surface area (Å²) in [6.45, 7) is 0. The lowest BCUT2D eigenvalue weighted by Crippen LogP contribution is -1.85. The lowest BCUT2D eigenvalue weighted by atomic mass is 10.1. The van der Waals surface area contributed by atoms with Gasteiger partial charge in [-0.1, -0.05) is 57.8 Å². The largest absolute Gasteiger partial charge is 0.453 e. The van der Waals surface area contributed by atoms with E-state index in [1.165, 1.54) is 0 Å². The van der Waals surface area contributed by atoms with E-state index in [0.717, 1.165) is 4.47 Å². The van der Waals surface area contributed by atoms with Crippen molar-refractivity contribution in [2.75, 3.05) is 0 Å². The van der Waals surface area contributed by atoms with Crippen molar-refractivity contribution in [3.05, 3.63) is 70.1 Å². The van der Waals surface area contributed by atoms with E-state index in [-0.39, 0.29) is 29.8 Å². The monoisotopic (exact) mass is 376 g/mol. The van der Waals surface area contributed by atoms with Gasteiger partial charge in [0.15, 0.2) is 11.3 Å². The lowest BCUT2D eigenvalue weighted by Gasteiger charge is -2.07. The number of halogens is 2. The molecule has 22 heavy (non-hydrogen) atoms. The van der Waals surface area contributed by atoms with Crippen LogP contribution in [0.5, 0.6) is 11.5 Å². The highest BCUT2D eigenvalue weighted by Crippen LogP contribution is 2.37. The summed E-state index contributed by atoms with van der Waals surface area (Å²) in [4.78, 5) is 0. The molecule has 0 aliphatic carbocycles. The number of fused-ring (bicyclic) bond motifs is 3. The molecule has 108 valence electrons. The fourth-order valence-corrected chi connectivity index (χ4v) is 3.11. The Morgan fingerprint density at radius 2 is 1.95 bits per heavy atom. The summed E-state index contributed by atoms with van der Waals surface area (Å²) >= 11 is 9.41. The minimum atomic E-state index is -0.331. The van der Waals surface area contributed by atoms with E-state index in [1.54, 1.807) is 36.4 Å². The second kappa shape index (κ2) is 5.34. The number of hydrogen-bond acceptors (Lipinski definition) is 2. The van der Waals surface area contributed by atoms with Crippen molar-refractivity contribution in [2.24, 2.45) is 0 Å². The fourth-order valence-electron chi connectivity index (χ4n) is 2.28. The quantitative estimate of drug-likeness (QED) is 0.383. The molecule has 0 aliphatic heterocycles. The van der Waals surface area contributed by atoms with Gasteiger partial charge < -0.3 is 9.15 Å². The smallest absolute Gasteiger partial charge is 0.177 e. The molecule has 1 aromatic heterocycles. The molecular formula is C18H10BrClO2. The van der Waals surface area contributed by atoms with Crippen LogP contribution in [0.1, 0.15) is 5.48 Å². The van der Waals surface area contributed by atoms with Gasteiger partial charge in [-0.15, -0.1) is 0 Å². The Balaban J connectivity index is 1.97. The van der Waals surface area contributed by atoms with Crippen LogP contribution in [0.3, 0.4) is 0 Å². The second-order valence-electron chi connectivity index (χ2n) is 4.65. The molecule has 0 saturated carbocycles. The predicted octanol–water partition coefficient (Wildman–Crippen LogP) is 6.79. The molecule has 4 rings (SSSR count). The van der Waals surface area contributed by atoms with Crippen molar-refractivity contribution in [3.8, 4) is 11.5 Å². The molecule has 2 nitrogen and oxygen atoms in total. The summed E-state index contributed by atoms with van der Waals surface area (Å²) in [6, 6.07) is 9.35. The highest BCUT2D eigenvalue weighted by atomic mass is 79.9. The number of hydrogen-bond donors (Lipinski definition) is 0. The van der Waals surface area contributed by atoms with Gasteiger partial charge in [-0.05, 0) is 30.3 Å². The molecule has 0 fully saturated rings. The Morgan fingerprint density at radius 3 is 2.82 bits per heavy atom.